The van der Waals surface area contributed by atoms with Crippen molar-refractivity contribution in [1.29, 1.82) is 0 Å². The molecule has 1 unspecified atom stereocenters. The summed E-state index contributed by atoms with van der Waals surface area (Å²) in [7, 11) is 0. The monoisotopic (exact) mass is 1090 g/mol. The van der Waals surface area contributed by atoms with Crippen LogP contribution in [0.4, 0.5) is 0 Å². The summed E-state index contributed by atoms with van der Waals surface area (Å²) in [5.74, 6) is -0.928. The van der Waals surface area contributed by atoms with Crippen LogP contribution in [0.3, 0.4) is 0 Å². The Hall–Kier alpha value is -4.97. The van der Waals surface area contributed by atoms with Gasteiger partial charge in [0.2, 0.25) is 0 Å². The molecule has 1 atom stereocenters. The van der Waals surface area contributed by atoms with Gasteiger partial charge in [0.25, 0.3) is 0 Å². The van der Waals surface area contributed by atoms with Crippen LogP contribution in [0.2, 0.25) is 0 Å². The molecule has 0 bridgehead atoms. The second kappa shape index (κ2) is 65.5. The van der Waals surface area contributed by atoms with Gasteiger partial charge in [0.15, 0.2) is 6.10 Å². The third-order valence-corrected chi connectivity index (χ3v) is 13.0. The molecule has 0 aliphatic heterocycles. The molecule has 0 saturated carbocycles. The number of hydrogen-bond acceptors (Lipinski definition) is 6. The summed E-state index contributed by atoms with van der Waals surface area (Å²) >= 11 is 0. The van der Waals surface area contributed by atoms with E-state index in [1.807, 2.05) is 0 Å². The SMILES string of the molecule is CC/C=C\C/C=C\C/C=C\C/C=C\C/C=C\C/C=C\C/C=C\C/C=C\C/C=C\CCCCCCCCCC(=O)OCC(COC(=O)CCCCCCC)OC(=O)CCCCCCCCCC/C=C\C/C=C\C/C=C\C/C=C\CC. The maximum atomic E-state index is 12.8. The van der Waals surface area contributed by atoms with Gasteiger partial charge in [-0.25, -0.2) is 0 Å². The van der Waals surface area contributed by atoms with E-state index in [0.29, 0.717) is 19.3 Å². The van der Waals surface area contributed by atoms with Crippen LogP contribution in [0.15, 0.2) is 158 Å². The van der Waals surface area contributed by atoms with E-state index in [4.69, 9.17) is 14.2 Å². The molecular weight excluding hydrogens is 973 g/mol. The Balaban J connectivity index is 4.11. The molecule has 0 aromatic carbocycles. The predicted octanol–water partition coefficient (Wildman–Crippen LogP) is 22.1. The van der Waals surface area contributed by atoms with Gasteiger partial charge in [0.05, 0.1) is 0 Å². The number of rotatable bonds is 56. The van der Waals surface area contributed by atoms with Gasteiger partial charge in [-0.15, -0.1) is 0 Å². The highest BCUT2D eigenvalue weighted by atomic mass is 16.6. The van der Waals surface area contributed by atoms with E-state index in [2.05, 4.69) is 179 Å². The highest BCUT2D eigenvalue weighted by Gasteiger charge is 2.19. The zero-order valence-corrected chi connectivity index (χ0v) is 50.8. The molecule has 0 amide bonds. The molecule has 444 valence electrons. The smallest absolute Gasteiger partial charge is 0.306 e. The molecule has 0 radical (unpaired) electrons. The van der Waals surface area contributed by atoms with Crippen molar-refractivity contribution in [3.05, 3.63) is 158 Å². The first-order valence-electron chi connectivity index (χ1n) is 32.0. The van der Waals surface area contributed by atoms with Crippen LogP contribution >= 0.6 is 0 Å². The van der Waals surface area contributed by atoms with E-state index in [-0.39, 0.29) is 31.1 Å². The van der Waals surface area contributed by atoms with E-state index in [1.165, 1.54) is 57.8 Å². The van der Waals surface area contributed by atoms with Gasteiger partial charge in [-0.3, -0.25) is 14.4 Å². The Labute approximate surface area is 486 Å². The minimum absolute atomic E-state index is 0.0902. The number of hydrogen-bond donors (Lipinski definition) is 0. The Bertz CT molecular complexity index is 1780. The summed E-state index contributed by atoms with van der Waals surface area (Å²) in [6.07, 6.45) is 95.8. The lowest BCUT2D eigenvalue weighted by atomic mass is 10.1. The quantitative estimate of drug-likeness (QED) is 0.0261. The van der Waals surface area contributed by atoms with Crippen molar-refractivity contribution in [3.63, 3.8) is 0 Å². The highest BCUT2D eigenvalue weighted by molar-refractivity contribution is 5.71. The minimum atomic E-state index is -0.790. The van der Waals surface area contributed by atoms with Crippen molar-refractivity contribution in [2.75, 3.05) is 13.2 Å². The van der Waals surface area contributed by atoms with E-state index in [9.17, 15) is 14.4 Å². The van der Waals surface area contributed by atoms with E-state index < -0.39 is 6.10 Å². The average molecular weight is 1090 g/mol. The van der Waals surface area contributed by atoms with Crippen molar-refractivity contribution in [2.45, 2.75) is 271 Å². The fourth-order valence-corrected chi connectivity index (χ4v) is 8.31. The Kier molecular flexibility index (Phi) is 61.4. The first-order chi connectivity index (χ1) is 39.0. The summed E-state index contributed by atoms with van der Waals surface area (Å²) in [6.45, 7) is 6.31. The molecule has 0 N–H and O–H groups in total. The maximum absolute atomic E-state index is 12.8. The number of allylic oxidation sites excluding steroid dienone is 26. The molecule has 0 rings (SSSR count). The van der Waals surface area contributed by atoms with Crippen molar-refractivity contribution in [1.82, 2.24) is 0 Å². The number of unbranched alkanes of at least 4 members (excludes halogenated alkanes) is 19. The molecule has 0 fully saturated rings. The van der Waals surface area contributed by atoms with Crippen molar-refractivity contribution in [3.8, 4) is 0 Å². The van der Waals surface area contributed by atoms with E-state index in [0.717, 1.165) is 167 Å². The maximum Gasteiger partial charge on any atom is 0.306 e. The lowest BCUT2D eigenvalue weighted by Crippen LogP contribution is -2.30. The Morgan fingerprint density at radius 3 is 0.772 bits per heavy atom. The lowest BCUT2D eigenvalue weighted by Gasteiger charge is -2.18. The fraction of sp³-hybridized carbons (Fsp3) is 0.603. The van der Waals surface area contributed by atoms with E-state index >= 15 is 0 Å². The highest BCUT2D eigenvalue weighted by Crippen LogP contribution is 2.14. The van der Waals surface area contributed by atoms with Gasteiger partial charge in [0, 0.05) is 19.3 Å². The molecule has 0 aliphatic carbocycles. The zero-order chi connectivity index (χ0) is 57.1. The van der Waals surface area contributed by atoms with Crippen LogP contribution in [0.1, 0.15) is 265 Å². The largest absolute Gasteiger partial charge is 0.462 e. The second-order valence-electron chi connectivity index (χ2n) is 20.6. The molecular formula is C73H116O6. The van der Waals surface area contributed by atoms with Gasteiger partial charge in [-0.1, -0.05) is 275 Å². The van der Waals surface area contributed by atoms with Gasteiger partial charge in [0.1, 0.15) is 13.2 Å². The first-order valence-corrected chi connectivity index (χ1v) is 32.0. The van der Waals surface area contributed by atoms with Crippen LogP contribution in [0.5, 0.6) is 0 Å². The van der Waals surface area contributed by atoms with Crippen LogP contribution in [-0.4, -0.2) is 37.2 Å². The Morgan fingerprint density at radius 1 is 0.266 bits per heavy atom. The van der Waals surface area contributed by atoms with Crippen LogP contribution < -0.4 is 0 Å². The van der Waals surface area contributed by atoms with Gasteiger partial charge in [-0.2, -0.15) is 0 Å². The summed E-state index contributed by atoms with van der Waals surface area (Å²) in [6, 6.07) is 0. The molecule has 6 heteroatoms. The third kappa shape index (κ3) is 63.7. The molecule has 0 aromatic heterocycles. The molecule has 0 heterocycles. The van der Waals surface area contributed by atoms with Crippen molar-refractivity contribution in [2.24, 2.45) is 0 Å². The standard InChI is InChI=1S/C73H116O6/c1-4-7-10-13-15-17-19-21-23-25-27-29-30-31-32-33-34-35-36-37-38-39-40-41-42-44-45-47-49-51-53-55-57-60-63-66-72(75)78-69-70(68-77-71(74)65-62-59-12-9-6-3)79-73(76)67-64-61-58-56-54-52-50-48-46-43-28-26-24-22-20-18-16-14-11-8-5-2/h7-8,10-11,15-18,21-24,27-29,31-32,34-35,37-38,40-41,43-45,70H,4-6,9,12-14,19-20,25-26,30,33,36,39,42,46-69H2,1-3H3/b10-7-,11-8-,17-15-,18-16-,23-21-,24-22-,29-27-,32-31-,35-34-,38-37-,41-40-,43-28-,45-44-. The Morgan fingerprint density at radius 2 is 0.494 bits per heavy atom. The molecule has 79 heavy (non-hydrogen) atoms. The second-order valence-corrected chi connectivity index (χ2v) is 20.6. The molecule has 6 nitrogen and oxygen atoms in total. The molecule has 0 spiro atoms. The van der Waals surface area contributed by atoms with E-state index in [1.54, 1.807) is 0 Å². The number of esters is 3. The normalized spacial score (nSPS) is 13.2. The topological polar surface area (TPSA) is 78.9 Å². The summed E-state index contributed by atoms with van der Waals surface area (Å²) in [5.41, 5.74) is 0. The number of ether oxygens (including phenoxy) is 3. The van der Waals surface area contributed by atoms with Crippen molar-refractivity contribution < 1.29 is 28.6 Å². The molecule has 0 aliphatic rings. The first kappa shape index (κ1) is 74.0. The summed E-state index contributed by atoms with van der Waals surface area (Å²) in [4.78, 5) is 37.9. The van der Waals surface area contributed by atoms with Gasteiger partial charge in [-0.05, 0) is 128 Å². The fourth-order valence-electron chi connectivity index (χ4n) is 8.31. The van der Waals surface area contributed by atoms with Crippen LogP contribution in [0, 0.1) is 0 Å². The molecule has 0 saturated heterocycles. The molecule has 0 aromatic rings. The average Bonchev–Trinajstić information content (AvgIpc) is 3.45. The predicted molar refractivity (Wildman–Crippen MR) is 343 cm³/mol. The minimum Gasteiger partial charge on any atom is -0.462 e. The van der Waals surface area contributed by atoms with Crippen LogP contribution in [-0.2, 0) is 28.6 Å². The zero-order valence-electron chi connectivity index (χ0n) is 50.8. The summed E-state index contributed by atoms with van der Waals surface area (Å²) in [5, 5.41) is 0. The third-order valence-electron chi connectivity index (χ3n) is 13.0. The number of carbonyl (C=O) groups is 3. The van der Waals surface area contributed by atoms with Crippen molar-refractivity contribution >= 4 is 17.9 Å². The van der Waals surface area contributed by atoms with Gasteiger partial charge < -0.3 is 14.2 Å². The summed E-state index contributed by atoms with van der Waals surface area (Å²) < 4.78 is 16.7. The lowest BCUT2D eigenvalue weighted by molar-refractivity contribution is -0.167. The van der Waals surface area contributed by atoms with Crippen LogP contribution in [0.25, 0.3) is 0 Å². The van der Waals surface area contributed by atoms with Gasteiger partial charge >= 0.3 is 17.9 Å². The number of carbonyl (C=O) groups excluding carboxylic acids is 3.